The lowest BCUT2D eigenvalue weighted by Crippen LogP contribution is -2.24. The van der Waals surface area contributed by atoms with E-state index in [2.05, 4.69) is 5.32 Å². The van der Waals surface area contributed by atoms with Crippen molar-refractivity contribution in [2.75, 3.05) is 13.2 Å². The summed E-state index contributed by atoms with van der Waals surface area (Å²) >= 11 is 0. The van der Waals surface area contributed by atoms with Crippen molar-refractivity contribution in [2.45, 2.75) is 19.3 Å². The highest BCUT2D eigenvalue weighted by Crippen LogP contribution is 2.14. The molecule has 8 heteroatoms. The first-order valence-electron chi connectivity index (χ1n) is 8.42. The van der Waals surface area contributed by atoms with E-state index in [1.807, 2.05) is 0 Å². The predicted molar refractivity (Wildman–Crippen MR) is 97.9 cm³/mol. The molecule has 0 saturated carbocycles. The van der Waals surface area contributed by atoms with Gasteiger partial charge in [-0.25, -0.2) is 4.79 Å². The molecule has 2 rings (SSSR count). The van der Waals surface area contributed by atoms with Crippen molar-refractivity contribution in [3.63, 3.8) is 0 Å². The first kappa shape index (κ1) is 19.9. The molecule has 0 radical (unpaired) electrons. The van der Waals surface area contributed by atoms with E-state index in [9.17, 15) is 19.7 Å². The monoisotopic (exact) mass is 372 g/mol. The summed E-state index contributed by atoms with van der Waals surface area (Å²) in [5.74, 6) is -1.02. The highest BCUT2D eigenvalue weighted by atomic mass is 16.6. The number of carbonyl (C=O) groups is 2. The lowest BCUT2D eigenvalue weighted by molar-refractivity contribution is -0.384. The molecule has 2 aromatic rings. The van der Waals surface area contributed by atoms with E-state index in [1.54, 1.807) is 30.3 Å². The molecular weight excluding hydrogens is 352 g/mol. The lowest BCUT2D eigenvalue weighted by Gasteiger charge is -2.08. The number of aliphatic carboxylic acids is 1. The Morgan fingerprint density at radius 2 is 1.85 bits per heavy atom. The summed E-state index contributed by atoms with van der Waals surface area (Å²) in [7, 11) is 0. The van der Waals surface area contributed by atoms with Crippen LogP contribution in [0.15, 0.2) is 48.5 Å². The summed E-state index contributed by atoms with van der Waals surface area (Å²) in [6.07, 6.45) is 2.37. The minimum absolute atomic E-state index is 0.0700. The van der Waals surface area contributed by atoms with Crippen LogP contribution in [0.2, 0.25) is 0 Å². The molecule has 142 valence electrons. The van der Waals surface area contributed by atoms with Crippen molar-refractivity contribution in [2.24, 2.45) is 0 Å². The maximum atomic E-state index is 12.1. The molecule has 0 aliphatic heterocycles. The molecule has 0 fully saturated rings. The molecule has 0 saturated heterocycles. The van der Waals surface area contributed by atoms with E-state index in [4.69, 9.17) is 9.84 Å². The minimum atomic E-state index is -1.09. The van der Waals surface area contributed by atoms with Gasteiger partial charge in [-0.1, -0.05) is 18.2 Å². The number of ether oxygens (including phenoxy) is 1. The third-order valence-corrected chi connectivity index (χ3v) is 3.78. The maximum Gasteiger partial charge on any atom is 0.341 e. The number of nitro benzene ring substituents is 1. The minimum Gasteiger partial charge on any atom is -0.482 e. The third kappa shape index (κ3) is 6.77. The van der Waals surface area contributed by atoms with E-state index in [1.165, 1.54) is 18.2 Å². The van der Waals surface area contributed by atoms with Gasteiger partial charge in [0.2, 0.25) is 0 Å². The van der Waals surface area contributed by atoms with Gasteiger partial charge in [0.15, 0.2) is 6.61 Å². The zero-order valence-corrected chi connectivity index (χ0v) is 14.6. The average Bonchev–Trinajstić information content (AvgIpc) is 2.66. The molecule has 0 spiro atoms. The molecule has 0 aliphatic rings. The number of carboxylic acids is 1. The maximum absolute atomic E-state index is 12.1. The van der Waals surface area contributed by atoms with Crippen molar-refractivity contribution >= 4 is 17.6 Å². The molecule has 0 aliphatic carbocycles. The highest BCUT2D eigenvalue weighted by Gasteiger charge is 2.07. The number of amides is 1. The van der Waals surface area contributed by atoms with Crippen LogP contribution in [-0.4, -0.2) is 35.1 Å². The van der Waals surface area contributed by atoms with Crippen LogP contribution >= 0.6 is 0 Å². The number of benzene rings is 2. The summed E-state index contributed by atoms with van der Waals surface area (Å²) in [5, 5.41) is 22.0. The van der Waals surface area contributed by atoms with Gasteiger partial charge in [0.25, 0.3) is 11.6 Å². The van der Waals surface area contributed by atoms with Gasteiger partial charge < -0.3 is 15.2 Å². The first-order valence-corrected chi connectivity index (χ1v) is 8.42. The lowest BCUT2D eigenvalue weighted by atomic mass is 10.1. The Kier molecular flexibility index (Phi) is 7.30. The Bertz CT molecular complexity index is 804. The Hall–Kier alpha value is -3.42. The molecule has 0 bridgehead atoms. The fourth-order valence-corrected chi connectivity index (χ4v) is 2.41. The summed E-state index contributed by atoms with van der Waals surface area (Å²) < 4.78 is 5.05. The quantitative estimate of drug-likeness (QED) is 0.376. The Morgan fingerprint density at radius 3 is 2.52 bits per heavy atom. The van der Waals surface area contributed by atoms with Crippen LogP contribution in [0.1, 0.15) is 28.8 Å². The van der Waals surface area contributed by atoms with Gasteiger partial charge in [-0.3, -0.25) is 14.9 Å². The third-order valence-electron chi connectivity index (χ3n) is 3.78. The van der Waals surface area contributed by atoms with Crippen molar-refractivity contribution < 1.29 is 24.4 Å². The second-order valence-corrected chi connectivity index (χ2v) is 5.85. The molecular formula is C19H20N2O6. The zero-order valence-electron chi connectivity index (χ0n) is 14.6. The van der Waals surface area contributed by atoms with Crippen LogP contribution in [0.25, 0.3) is 0 Å². The molecule has 0 aromatic heterocycles. The standard InChI is InChI=1S/C19H20N2O6/c22-18(23)13-27-17-6-3-5-15(12-17)19(24)20-11-2-1-4-14-7-9-16(10-8-14)21(25)26/h3,5-10,12H,1-2,4,11,13H2,(H,20,24)(H,22,23). The largest absolute Gasteiger partial charge is 0.482 e. The molecule has 2 aromatic carbocycles. The fraction of sp³-hybridized carbons (Fsp3) is 0.263. The number of aryl methyl sites for hydroxylation is 1. The van der Waals surface area contributed by atoms with Gasteiger partial charge >= 0.3 is 5.97 Å². The molecule has 27 heavy (non-hydrogen) atoms. The average molecular weight is 372 g/mol. The van der Waals surface area contributed by atoms with E-state index < -0.39 is 17.5 Å². The van der Waals surface area contributed by atoms with Crippen LogP contribution < -0.4 is 10.1 Å². The van der Waals surface area contributed by atoms with E-state index in [0.29, 0.717) is 17.9 Å². The molecule has 1 amide bonds. The molecule has 0 unspecified atom stereocenters. The number of non-ortho nitro benzene ring substituents is 1. The van der Waals surface area contributed by atoms with E-state index >= 15 is 0 Å². The fourth-order valence-electron chi connectivity index (χ4n) is 2.41. The summed E-state index contributed by atoms with van der Waals surface area (Å²) in [6, 6.07) is 12.8. The second kappa shape index (κ2) is 9.91. The normalized spacial score (nSPS) is 10.2. The van der Waals surface area contributed by atoms with Crippen molar-refractivity contribution in [1.29, 1.82) is 0 Å². The summed E-state index contributed by atoms with van der Waals surface area (Å²) in [6.45, 7) is 0.0275. The van der Waals surface area contributed by atoms with Crippen LogP contribution in [-0.2, 0) is 11.2 Å². The van der Waals surface area contributed by atoms with Gasteiger partial charge in [0.1, 0.15) is 5.75 Å². The van der Waals surface area contributed by atoms with Crippen LogP contribution in [0.3, 0.4) is 0 Å². The SMILES string of the molecule is O=C(O)COc1cccc(C(=O)NCCCCc2ccc([N+](=O)[O-])cc2)c1. The number of hydrogen-bond donors (Lipinski definition) is 2. The van der Waals surface area contributed by atoms with Crippen molar-refractivity contribution in [3.8, 4) is 5.75 Å². The number of nitrogens with one attached hydrogen (secondary N) is 1. The van der Waals surface area contributed by atoms with Crippen LogP contribution in [0, 0.1) is 10.1 Å². The second-order valence-electron chi connectivity index (χ2n) is 5.85. The highest BCUT2D eigenvalue weighted by molar-refractivity contribution is 5.94. The summed E-state index contributed by atoms with van der Waals surface area (Å²) in [5.41, 5.74) is 1.48. The number of carboxylic acid groups (broad SMARTS) is 1. The Morgan fingerprint density at radius 1 is 1.11 bits per heavy atom. The number of rotatable bonds is 10. The zero-order chi connectivity index (χ0) is 19.6. The van der Waals surface area contributed by atoms with Crippen LogP contribution in [0.4, 0.5) is 5.69 Å². The Balaban J connectivity index is 1.72. The number of unbranched alkanes of at least 4 members (excludes halogenated alkanes) is 1. The number of nitro groups is 1. The number of carbonyl (C=O) groups excluding carboxylic acids is 1. The smallest absolute Gasteiger partial charge is 0.341 e. The van der Waals surface area contributed by atoms with Gasteiger partial charge in [-0.05, 0) is 43.0 Å². The van der Waals surface area contributed by atoms with Gasteiger partial charge in [-0.2, -0.15) is 0 Å². The van der Waals surface area contributed by atoms with Gasteiger partial charge in [0.05, 0.1) is 4.92 Å². The van der Waals surface area contributed by atoms with Crippen molar-refractivity contribution in [1.82, 2.24) is 5.32 Å². The Labute approximate surface area is 155 Å². The molecule has 0 heterocycles. The van der Waals surface area contributed by atoms with Crippen molar-refractivity contribution in [3.05, 3.63) is 69.8 Å². The van der Waals surface area contributed by atoms with E-state index in [-0.39, 0.29) is 11.6 Å². The number of nitrogens with zero attached hydrogens (tertiary/aromatic N) is 1. The topological polar surface area (TPSA) is 119 Å². The van der Waals surface area contributed by atoms with Gasteiger partial charge in [-0.15, -0.1) is 0 Å². The molecule has 2 N–H and O–H groups in total. The number of hydrogen-bond acceptors (Lipinski definition) is 5. The predicted octanol–water partition coefficient (Wildman–Crippen LogP) is 2.81. The van der Waals surface area contributed by atoms with Gasteiger partial charge in [0, 0.05) is 24.2 Å². The first-order chi connectivity index (χ1) is 13.0. The molecule has 0 atom stereocenters. The summed E-state index contributed by atoms with van der Waals surface area (Å²) in [4.78, 5) is 32.8. The van der Waals surface area contributed by atoms with E-state index in [0.717, 1.165) is 24.8 Å². The molecule has 8 nitrogen and oxygen atoms in total. The van der Waals surface area contributed by atoms with Crippen LogP contribution in [0.5, 0.6) is 5.75 Å².